The van der Waals surface area contributed by atoms with E-state index in [9.17, 15) is 9.59 Å². The summed E-state index contributed by atoms with van der Waals surface area (Å²) in [5.41, 5.74) is 0.696. The normalized spacial score (nSPS) is 9.76. The third kappa shape index (κ3) is 4.99. The summed E-state index contributed by atoms with van der Waals surface area (Å²) in [5.74, 6) is -0.556. The van der Waals surface area contributed by atoms with Gasteiger partial charge in [0.25, 0.3) is 0 Å². The molecular weight excluding hydrogens is 286 g/mol. The summed E-state index contributed by atoms with van der Waals surface area (Å²) in [7, 11) is 0. The van der Waals surface area contributed by atoms with Crippen LogP contribution in [0.25, 0.3) is 0 Å². The van der Waals surface area contributed by atoms with Gasteiger partial charge in [-0.1, -0.05) is 12.1 Å². The van der Waals surface area contributed by atoms with Crippen LogP contribution in [-0.4, -0.2) is 18.5 Å². The summed E-state index contributed by atoms with van der Waals surface area (Å²) in [6.07, 6.45) is 0.226. The maximum atomic E-state index is 11.5. The summed E-state index contributed by atoms with van der Waals surface area (Å²) in [6.45, 7) is 2.07. The van der Waals surface area contributed by atoms with Gasteiger partial charge in [0.15, 0.2) is 0 Å². The Morgan fingerprint density at radius 3 is 2.65 bits per heavy atom. The van der Waals surface area contributed by atoms with Crippen molar-refractivity contribution >= 4 is 33.5 Å². The molecule has 0 saturated heterocycles. The van der Waals surface area contributed by atoms with Gasteiger partial charge in [-0.05, 0) is 35.0 Å². The van der Waals surface area contributed by atoms with Gasteiger partial charge in [-0.2, -0.15) is 0 Å². The molecule has 17 heavy (non-hydrogen) atoms. The minimum absolute atomic E-state index is 0.101. The molecule has 0 fully saturated rings. The van der Waals surface area contributed by atoms with Crippen LogP contribution in [0.1, 0.15) is 19.8 Å². The van der Waals surface area contributed by atoms with Crippen LogP contribution in [0.3, 0.4) is 0 Å². The number of nitrogens with one attached hydrogen (secondary N) is 1. The third-order valence-corrected chi connectivity index (χ3v) is 2.70. The van der Waals surface area contributed by atoms with E-state index >= 15 is 0 Å². The standard InChI is InChI=1S/C12H14BrNO3/c1-2-17-12(16)8-7-11(15)14-10-6-4-3-5-9(10)13/h3-6H,2,7-8H2,1H3,(H,14,15). The third-order valence-electron chi connectivity index (χ3n) is 2.01. The van der Waals surface area contributed by atoms with Crippen LogP contribution in [0.4, 0.5) is 5.69 Å². The van der Waals surface area contributed by atoms with Crippen LogP contribution < -0.4 is 5.32 Å². The summed E-state index contributed by atoms with van der Waals surface area (Å²) < 4.78 is 5.55. The first-order valence-corrected chi connectivity index (χ1v) is 6.12. The van der Waals surface area contributed by atoms with E-state index in [0.29, 0.717) is 12.3 Å². The molecule has 0 bridgehead atoms. The number of halogens is 1. The average molecular weight is 300 g/mol. The van der Waals surface area contributed by atoms with Gasteiger partial charge in [0.2, 0.25) is 5.91 Å². The smallest absolute Gasteiger partial charge is 0.306 e. The molecule has 0 atom stereocenters. The van der Waals surface area contributed by atoms with E-state index in [1.165, 1.54) is 0 Å². The van der Waals surface area contributed by atoms with Crippen LogP contribution in [0, 0.1) is 0 Å². The molecule has 1 N–H and O–H groups in total. The number of esters is 1. The highest BCUT2D eigenvalue weighted by atomic mass is 79.9. The number of carbonyl (C=O) groups is 2. The molecule has 0 radical (unpaired) electrons. The fourth-order valence-corrected chi connectivity index (χ4v) is 1.61. The Kier molecular flexibility index (Phi) is 5.69. The molecule has 0 spiro atoms. The quantitative estimate of drug-likeness (QED) is 0.851. The Morgan fingerprint density at radius 1 is 1.29 bits per heavy atom. The number of benzene rings is 1. The Bertz CT molecular complexity index is 406. The summed E-state index contributed by atoms with van der Waals surface area (Å²) in [4.78, 5) is 22.6. The van der Waals surface area contributed by atoms with Crippen LogP contribution in [0.5, 0.6) is 0 Å². The molecule has 0 unspecified atom stereocenters. The Balaban J connectivity index is 2.40. The molecule has 1 rings (SSSR count). The van der Waals surface area contributed by atoms with Crippen LogP contribution in [-0.2, 0) is 14.3 Å². The van der Waals surface area contributed by atoms with Gasteiger partial charge in [0.05, 0.1) is 18.7 Å². The lowest BCUT2D eigenvalue weighted by Gasteiger charge is -2.06. The highest BCUT2D eigenvalue weighted by molar-refractivity contribution is 9.10. The number of hydrogen-bond donors (Lipinski definition) is 1. The highest BCUT2D eigenvalue weighted by Gasteiger charge is 2.08. The molecule has 5 heteroatoms. The summed E-state index contributed by atoms with van der Waals surface area (Å²) >= 11 is 3.32. The Hall–Kier alpha value is -1.36. The monoisotopic (exact) mass is 299 g/mol. The molecule has 0 aliphatic rings. The lowest BCUT2D eigenvalue weighted by atomic mass is 10.2. The van der Waals surface area contributed by atoms with Crippen molar-refractivity contribution in [2.75, 3.05) is 11.9 Å². The van der Waals surface area contributed by atoms with E-state index in [1.807, 2.05) is 18.2 Å². The van der Waals surface area contributed by atoms with Gasteiger partial charge >= 0.3 is 5.97 Å². The molecule has 0 aliphatic carbocycles. The van der Waals surface area contributed by atoms with Crippen molar-refractivity contribution in [3.05, 3.63) is 28.7 Å². The van der Waals surface area contributed by atoms with Crippen molar-refractivity contribution in [1.29, 1.82) is 0 Å². The number of hydrogen-bond acceptors (Lipinski definition) is 3. The van der Waals surface area contributed by atoms with Crippen molar-refractivity contribution in [3.8, 4) is 0 Å². The lowest BCUT2D eigenvalue weighted by molar-refractivity contribution is -0.144. The molecule has 0 aromatic heterocycles. The van der Waals surface area contributed by atoms with Gasteiger partial charge < -0.3 is 10.1 Å². The van der Waals surface area contributed by atoms with Crippen molar-refractivity contribution in [2.45, 2.75) is 19.8 Å². The summed E-state index contributed by atoms with van der Waals surface area (Å²) in [5, 5.41) is 2.71. The number of anilines is 1. The van der Waals surface area contributed by atoms with Gasteiger partial charge in [-0.3, -0.25) is 9.59 Å². The van der Waals surface area contributed by atoms with Crippen LogP contribution in [0.2, 0.25) is 0 Å². The number of carbonyl (C=O) groups excluding carboxylic acids is 2. The second-order valence-corrected chi connectivity index (χ2v) is 4.19. The minimum atomic E-state index is -0.352. The average Bonchev–Trinajstić information content (AvgIpc) is 2.30. The first-order chi connectivity index (χ1) is 8.13. The zero-order valence-corrected chi connectivity index (χ0v) is 11.1. The minimum Gasteiger partial charge on any atom is -0.466 e. The Morgan fingerprint density at radius 2 is 2.00 bits per heavy atom. The van der Waals surface area contributed by atoms with Gasteiger partial charge in [0.1, 0.15) is 0 Å². The number of rotatable bonds is 5. The van der Waals surface area contributed by atoms with E-state index in [2.05, 4.69) is 21.2 Å². The van der Waals surface area contributed by atoms with Gasteiger partial charge in [-0.25, -0.2) is 0 Å². The number of ether oxygens (including phenoxy) is 1. The van der Waals surface area contributed by atoms with E-state index < -0.39 is 0 Å². The van der Waals surface area contributed by atoms with Crippen molar-refractivity contribution in [1.82, 2.24) is 0 Å². The first kappa shape index (κ1) is 13.7. The fraction of sp³-hybridized carbons (Fsp3) is 0.333. The van der Waals surface area contributed by atoms with Crippen molar-refractivity contribution in [2.24, 2.45) is 0 Å². The number of para-hydroxylation sites is 1. The first-order valence-electron chi connectivity index (χ1n) is 5.33. The molecule has 0 aliphatic heterocycles. The van der Waals surface area contributed by atoms with Gasteiger partial charge in [-0.15, -0.1) is 0 Å². The molecule has 1 amide bonds. The predicted octanol–water partition coefficient (Wildman–Crippen LogP) is 2.73. The fourth-order valence-electron chi connectivity index (χ4n) is 1.22. The molecular formula is C12H14BrNO3. The lowest BCUT2D eigenvalue weighted by Crippen LogP contribution is -2.14. The van der Waals surface area contributed by atoms with Crippen molar-refractivity contribution in [3.63, 3.8) is 0 Å². The topological polar surface area (TPSA) is 55.4 Å². The van der Waals surface area contributed by atoms with E-state index in [-0.39, 0.29) is 24.7 Å². The predicted molar refractivity (Wildman–Crippen MR) is 68.6 cm³/mol. The second kappa shape index (κ2) is 7.06. The molecule has 92 valence electrons. The van der Waals surface area contributed by atoms with E-state index in [1.54, 1.807) is 13.0 Å². The maximum Gasteiger partial charge on any atom is 0.306 e. The molecule has 1 aromatic carbocycles. The van der Waals surface area contributed by atoms with Crippen molar-refractivity contribution < 1.29 is 14.3 Å². The van der Waals surface area contributed by atoms with Crippen LogP contribution >= 0.6 is 15.9 Å². The van der Waals surface area contributed by atoms with Crippen LogP contribution in [0.15, 0.2) is 28.7 Å². The molecule has 4 nitrogen and oxygen atoms in total. The van der Waals surface area contributed by atoms with Gasteiger partial charge in [0, 0.05) is 10.9 Å². The number of amides is 1. The maximum absolute atomic E-state index is 11.5. The Labute approximate surface area is 108 Å². The second-order valence-electron chi connectivity index (χ2n) is 3.33. The molecule has 0 saturated carbocycles. The van der Waals surface area contributed by atoms with E-state index in [0.717, 1.165) is 4.47 Å². The SMILES string of the molecule is CCOC(=O)CCC(=O)Nc1ccccc1Br. The zero-order valence-electron chi connectivity index (χ0n) is 9.53. The zero-order chi connectivity index (χ0) is 12.7. The van der Waals surface area contributed by atoms with E-state index in [4.69, 9.17) is 4.74 Å². The largest absolute Gasteiger partial charge is 0.466 e. The summed E-state index contributed by atoms with van der Waals surface area (Å²) in [6, 6.07) is 7.30. The molecule has 1 aromatic rings. The molecule has 0 heterocycles. The highest BCUT2D eigenvalue weighted by Crippen LogP contribution is 2.21.